The van der Waals surface area contributed by atoms with Crippen molar-refractivity contribution in [2.24, 2.45) is 0 Å². The standard InChI is InChI=1S/C15H18N2O2S/c1-9-5-6-14(15(7-9)17(18)19)16-11(3)13-8-10(2)20-12(13)4/h5-8,11,16H,1-4H3. The quantitative estimate of drug-likeness (QED) is 0.652. The van der Waals surface area contributed by atoms with Crippen molar-refractivity contribution in [1.82, 2.24) is 0 Å². The molecule has 0 aliphatic heterocycles. The Labute approximate surface area is 122 Å². The predicted molar refractivity (Wildman–Crippen MR) is 83.7 cm³/mol. The first-order chi connectivity index (χ1) is 9.38. The Kier molecular flexibility index (Phi) is 4.09. The number of aryl methyl sites for hydroxylation is 3. The van der Waals surface area contributed by atoms with E-state index in [1.165, 1.54) is 15.3 Å². The maximum Gasteiger partial charge on any atom is 0.292 e. The molecule has 1 aromatic carbocycles. The van der Waals surface area contributed by atoms with Crippen LogP contribution in [0.1, 0.15) is 33.8 Å². The van der Waals surface area contributed by atoms with Crippen LogP contribution >= 0.6 is 11.3 Å². The molecular formula is C15H18N2O2S. The van der Waals surface area contributed by atoms with Crippen molar-refractivity contribution in [3.63, 3.8) is 0 Å². The minimum absolute atomic E-state index is 0.0429. The molecule has 0 fully saturated rings. The van der Waals surface area contributed by atoms with Crippen molar-refractivity contribution >= 4 is 22.7 Å². The molecule has 1 atom stereocenters. The summed E-state index contributed by atoms with van der Waals surface area (Å²) >= 11 is 1.75. The van der Waals surface area contributed by atoms with Gasteiger partial charge < -0.3 is 5.32 Å². The molecule has 1 N–H and O–H groups in total. The zero-order valence-electron chi connectivity index (χ0n) is 12.1. The molecule has 0 spiro atoms. The predicted octanol–water partition coefficient (Wildman–Crippen LogP) is 4.75. The third-order valence-electron chi connectivity index (χ3n) is 3.27. The molecule has 1 heterocycles. The third kappa shape index (κ3) is 2.99. The minimum atomic E-state index is -0.340. The summed E-state index contributed by atoms with van der Waals surface area (Å²) < 4.78 is 0. The molecular weight excluding hydrogens is 272 g/mol. The Morgan fingerprint density at radius 1 is 1.25 bits per heavy atom. The average Bonchev–Trinajstić information content (AvgIpc) is 2.70. The third-order valence-corrected chi connectivity index (χ3v) is 4.25. The van der Waals surface area contributed by atoms with Gasteiger partial charge in [-0.1, -0.05) is 6.07 Å². The lowest BCUT2D eigenvalue weighted by molar-refractivity contribution is -0.384. The molecule has 0 saturated carbocycles. The summed E-state index contributed by atoms with van der Waals surface area (Å²) in [6.07, 6.45) is 0. The highest BCUT2D eigenvalue weighted by molar-refractivity contribution is 7.12. The highest BCUT2D eigenvalue weighted by Crippen LogP contribution is 2.32. The number of nitro benzene ring substituents is 1. The van der Waals surface area contributed by atoms with Gasteiger partial charge in [0.05, 0.1) is 4.92 Å². The zero-order chi connectivity index (χ0) is 14.9. The van der Waals surface area contributed by atoms with E-state index < -0.39 is 0 Å². The number of anilines is 1. The van der Waals surface area contributed by atoms with Gasteiger partial charge in [-0.3, -0.25) is 10.1 Å². The Morgan fingerprint density at radius 3 is 2.50 bits per heavy atom. The van der Waals surface area contributed by atoms with Gasteiger partial charge in [0.25, 0.3) is 5.69 Å². The van der Waals surface area contributed by atoms with Crippen LogP contribution in [0.2, 0.25) is 0 Å². The lowest BCUT2D eigenvalue weighted by Gasteiger charge is -2.15. The van der Waals surface area contributed by atoms with Crippen molar-refractivity contribution in [2.75, 3.05) is 5.32 Å². The van der Waals surface area contributed by atoms with Crippen LogP contribution in [0.5, 0.6) is 0 Å². The van der Waals surface area contributed by atoms with E-state index in [1.807, 2.05) is 19.9 Å². The van der Waals surface area contributed by atoms with E-state index >= 15 is 0 Å². The number of benzene rings is 1. The Hall–Kier alpha value is -1.88. The van der Waals surface area contributed by atoms with Crippen LogP contribution in [0, 0.1) is 30.9 Å². The van der Waals surface area contributed by atoms with Gasteiger partial charge in [0, 0.05) is 21.9 Å². The fourth-order valence-corrected chi connectivity index (χ4v) is 3.33. The molecule has 106 valence electrons. The van der Waals surface area contributed by atoms with Crippen molar-refractivity contribution in [1.29, 1.82) is 0 Å². The van der Waals surface area contributed by atoms with E-state index in [4.69, 9.17) is 0 Å². The van der Waals surface area contributed by atoms with Gasteiger partial charge in [-0.05, 0) is 51.0 Å². The van der Waals surface area contributed by atoms with Gasteiger partial charge in [-0.2, -0.15) is 0 Å². The van der Waals surface area contributed by atoms with Gasteiger partial charge in [0.15, 0.2) is 0 Å². The molecule has 2 rings (SSSR count). The molecule has 0 aliphatic rings. The SMILES string of the molecule is Cc1ccc(NC(C)c2cc(C)sc2C)c([N+](=O)[O-])c1. The molecule has 1 unspecified atom stereocenters. The van der Waals surface area contributed by atoms with Crippen molar-refractivity contribution in [3.8, 4) is 0 Å². The maximum atomic E-state index is 11.1. The first kappa shape index (κ1) is 14.5. The minimum Gasteiger partial charge on any atom is -0.373 e. The van der Waals surface area contributed by atoms with E-state index in [2.05, 4.69) is 25.2 Å². The van der Waals surface area contributed by atoms with E-state index in [1.54, 1.807) is 23.5 Å². The topological polar surface area (TPSA) is 55.2 Å². The largest absolute Gasteiger partial charge is 0.373 e. The van der Waals surface area contributed by atoms with Crippen LogP contribution in [-0.2, 0) is 0 Å². The van der Waals surface area contributed by atoms with Crippen molar-refractivity contribution < 1.29 is 4.92 Å². The summed E-state index contributed by atoms with van der Waals surface area (Å²) in [5.74, 6) is 0. The first-order valence-corrected chi connectivity index (χ1v) is 7.28. The summed E-state index contributed by atoms with van der Waals surface area (Å²) in [5, 5.41) is 14.4. The van der Waals surface area contributed by atoms with Crippen LogP contribution in [-0.4, -0.2) is 4.92 Å². The van der Waals surface area contributed by atoms with Crippen LogP contribution in [0.3, 0.4) is 0 Å². The number of thiophene rings is 1. The van der Waals surface area contributed by atoms with Gasteiger partial charge in [0.2, 0.25) is 0 Å². The summed E-state index contributed by atoms with van der Waals surface area (Å²) in [6.45, 7) is 8.03. The van der Waals surface area contributed by atoms with E-state index in [0.717, 1.165) is 5.56 Å². The van der Waals surface area contributed by atoms with E-state index in [0.29, 0.717) is 5.69 Å². The summed E-state index contributed by atoms with van der Waals surface area (Å²) in [5.41, 5.74) is 2.78. The molecule has 0 saturated heterocycles. The summed E-state index contributed by atoms with van der Waals surface area (Å²) in [7, 11) is 0. The number of nitro groups is 1. The number of hydrogen-bond acceptors (Lipinski definition) is 4. The fourth-order valence-electron chi connectivity index (χ4n) is 2.31. The molecule has 5 heteroatoms. The van der Waals surface area contributed by atoms with Gasteiger partial charge in [0.1, 0.15) is 5.69 Å². The average molecular weight is 290 g/mol. The van der Waals surface area contributed by atoms with Crippen molar-refractivity contribution in [2.45, 2.75) is 33.7 Å². The summed E-state index contributed by atoms with van der Waals surface area (Å²) in [4.78, 5) is 13.3. The lowest BCUT2D eigenvalue weighted by atomic mass is 10.1. The number of rotatable bonds is 4. The Morgan fingerprint density at radius 2 is 1.95 bits per heavy atom. The Balaban J connectivity index is 2.30. The fraction of sp³-hybridized carbons (Fsp3) is 0.333. The van der Waals surface area contributed by atoms with Gasteiger partial charge in [-0.25, -0.2) is 0 Å². The first-order valence-electron chi connectivity index (χ1n) is 6.47. The second-order valence-electron chi connectivity index (χ2n) is 5.01. The number of hydrogen-bond donors (Lipinski definition) is 1. The van der Waals surface area contributed by atoms with Crippen LogP contribution < -0.4 is 5.32 Å². The second kappa shape index (κ2) is 5.63. The van der Waals surface area contributed by atoms with Crippen molar-refractivity contribution in [3.05, 3.63) is 55.3 Å². The lowest BCUT2D eigenvalue weighted by Crippen LogP contribution is -2.08. The maximum absolute atomic E-state index is 11.1. The molecule has 0 amide bonds. The number of nitrogens with zero attached hydrogens (tertiary/aromatic N) is 1. The molecule has 0 bridgehead atoms. The zero-order valence-corrected chi connectivity index (χ0v) is 12.9. The molecule has 1 aromatic heterocycles. The normalized spacial score (nSPS) is 12.2. The Bertz CT molecular complexity index is 649. The molecule has 20 heavy (non-hydrogen) atoms. The molecule has 4 nitrogen and oxygen atoms in total. The monoisotopic (exact) mass is 290 g/mol. The smallest absolute Gasteiger partial charge is 0.292 e. The van der Waals surface area contributed by atoms with Crippen LogP contribution in [0.25, 0.3) is 0 Å². The highest BCUT2D eigenvalue weighted by atomic mass is 32.1. The van der Waals surface area contributed by atoms with Crippen LogP contribution in [0.15, 0.2) is 24.3 Å². The van der Waals surface area contributed by atoms with Gasteiger partial charge >= 0.3 is 0 Å². The number of nitrogens with one attached hydrogen (secondary N) is 1. The van der Waals surface area contributed by atoms with E-state index in [-0.39, 0.29) is 16.7 Å². The molecule has 0 aliphatic carbocycles. The molecule has 2 aromatic rings. The molecule has 0 radical (unpaired) electrons. The van der Waals surface area contributed by atoms with Crippen LogP contribution in [0.4, 0.5) is 11.4 Å². The second-order valence-corrected chi connectivity index (χ2v) is 6.47. The highest BCUT2D eigenvalue weighted by Gasteiger charge is 2.17. The van der Waals surface area contributed by atoms with Gasteiger partial charge in [-0.15, -0.1) is 11.3 Å². The van der Waals surface area contributed by atoms with E-state index in [9.17, 15) is 10.1 Å². The summed E-state index contributed by atoms with van der Waals surface area (Å²) in [6, 6.07) is 7.44.